The predicted octanol–water partition coefficient (Wildman–Crippen LogP) is 1.68. The first kappa shape index (κ1) is 17.0. The zero-order valence-electron chi connectivity index (χ0n) is 14.3. The van der Waals surface area contributed by atoms with Crippen molar-refractivity contribution in [2.45, 2.75) is 50.7 Å². The summed E-state index contributed by atoms with van der Waals surface area (Å²) >= 11 is 0. The number of rotatable bonds is 6. The van der Waals surface area contributed by atoms with Gasteiger partial charge in [0.25, 0.3) is 0 Å². The zero-order chi connectivity index (χ0) is 16.9. The van der Waals surface area contributed by atoms with E-state index in [1.165, 1.54) is 12.8 Å². The molecule has 1 aromatic carbocycles. The molecule has 2 saturated heterocycles. The van der Waals surface area contributed by atoms with Crippen molar-refractivity contribution in [1.29, 1.82) is 0 Å². The molecule has 0 saturated carbocycles. The monoisotopic (exact) mass is 329 g/mol. The van der Waals surface area contributed by atoms with Crippen LogP contribution in [0.15, 0.2) is 30.3 Å². The van der Waals surface area contributed by atoms with Crippen LogP contribution in [-0.2, 0) is 16.1 Å². The fourth-order valence-corrected chi connectivity index (χ4v) is 3.93. The fraction of sp³-hybridized carbons (Fsp3) is 0.579. The van der Waals surface area contributed by atoms with Gasteiger partial charge in [0.2, 0.25) is 11.8 Å². The summed E-state index contributed by atoms with van der Waals surface area (Å²) in [5.41, 5.74) is 1.09. The third-order valence-corrected chi connectivity index (χ3v) is 5.17. The molecule has 2 heterocycles. The highest BCUT2D eigenvalue weighted by Crippen LogP contribution is 2.32. The maximum absolute atomic E-state index is 12.2. The number of carbonyl (C=O) groups is 2. The summed E-state index contributed by atoms with van der Waals surface area (Å²) in [6, 6.07) is 11.1. The maximum Gasteiger partial charge on any atom is 0.242 e. The molecule has 0 radical (unpaired) electrons. The molecule has 2 unspecified atom stereocenters. The van der Waals surface area contributed by atoms with Crippen molar-refractivity contribution in [2.24, 2.45) is 5.92 Å². The van der Waals surface area contributed by atoms with Crippen molar-refractivity contribution in [2.75, 3.05) is 13.6 Å². The van der Waals surface area contributed by atoms with Crippen LogP contribution in [0.3, 0.4) is 0 Å². The number of fused-ring (bicyclic) bond motifs is 2. The van der Waals surface area contributed by atoms with Crippen molar-refractivity contribution < 1.29 is 9.59 Å². The highest BCUT2D eigenvalue weighted by atomic mass is 16.2. The molecule has 2 atom stereocenters. The predicted molar refractivity (Wildman–Crippen MR) is 93.2 cm³/mol. The van der Waals surface area contributed by atoms with E-state index in [0.29, 0.717) is 31.0 Å². The van der Waals surface area contributed by atoms with E-state index in [4.69, 9.17) is 0 Å². The van der Waals surface area contributed by atoms with Gasteiger partial charge in [-0.3, -0.25) is 9.59 Å². The largest absolute Gasteiger partial charge is 0.347 e. The second kappa shape index (κ2) is 7.79. The SMILES string of the molecule is CN(Cc1ccccc1)C(=O)CNC(=O)CC1CC2CCC(C1)N2. The Morgan fingerprint density at radius 1 is 1.17 bits per heavy atom. The summed E-state index contributed by atoms with van der Waals surface area (Å²) in [6.45, 7) is 0.646. The number of likely N-dealkylation sites (N-methyl/N-ethyl adjacent to an activating group) is 1. The molecule has 2 fully saturated rings. The summed E-state index contributed by atoms with van der Waals surface area (Å²) in [5, 5.41) is 6.39. The van der Waals surface area contributed by atoms with Crippen LogP contribution in [0.25, 0.3) is 0 Å². The van der Waals surface area contributed by atoms with E-state index in [2.05, 4.69) is 10.6 Å². The second-order valence-corrected chi connectivity index (χ2v) is 7.19. The van der Waals surface area contributed by atoms with Crippen LogP contribution in [-0.4, -0.2) is 42.4 Å². The lowest BCUT2D eigenvalue weighted by molar-refractivity contribution is -0.132. The third-order valence-electron chi connectivity index (χ3n) is 5.17. The molecule has 130 valence electrons. The van der Waals surface area contributed by atoms with Gasteiger partial charge in [-0.2, -0.15) is 0 Å². The van der Waals surface area contributed by atoms with Crippen LogP contribution in [0.4, 0.5) is 0 Å². The number of hydrogen-bond acceptors (Lipinski definition) is 3. The number of hydrogen-bond donors (Lipinski definition) is 2. The van der Waals surface area contributed by atoms with Gasteiger partial charge in [0.1, 0.15) is 0 Å². The molecule has 0 aliphatic carbocycles. The van der Waals surface area contributed by atoms with Gasteiger partial charge in [-0.25, -0.2) is 0 Å². The van der Waals surface area contributed by atoms with E-state index in [1.807, 2.05) is 30.3 Å². The van der Waals surface area contributed by atoms with Gasteiger partial charge in [-0.1, -0.05) is 30.3 Å². The Balaban J connectivity index is 1.38. The van der Waals surface area contributed by atoms with Crippen molar-refractivity contribution in [3.63, 3.8) is 0 Å². The third kappa shape index (κ3) is 4.57. The van der Waals surface area contributed by atoms with E-state index >= 15 is 0 Å². The highest BCUT2D eigenvalue weighted by Gasteiger charge is 2.34. The number of nitrogens with zero attached hydrogens (tertiary/aromatic N) is 1. The minimum absolute atomic E-state index is 0.00256. The molecule has 2 bridgehead atoms. The number of piperidine rings is 1. The summed E-state index contributed by atoms with van der Waals surface area (Å²) < 4.78 is 0. The zero-order valence-corrected chi connectivity index (χ0v) is 14.3. The quantitative estimate of drug-likeness (QED) is 0.835. The lowest BCUT2D eigenvalue weighted by Gasteiger charge is -2.28. The Bertz CT molecular complexity index is 563. The van der Waals surface area contributed by atoms with Crippen LogP contribution in [0.1, 0.15) is 37.7 Å². The summed E-state index contributed by atoms with van der Waals surface area (Å²) in [6.07, 6.45) is 5.21. The first-order valence-electron chi connectivity index (χ1n) is 8.91. The smallest absolute Gasteiger partial charge is 0.242 e. The molecule has 0 spiro atoms. The van der Waals surface area contributed by atoms with Gasteiger partial charge in [0.15, 0.2) is 0 Å². The molecule has 0 aromatic heterocycles. The summed E-state index contributed by atoms with van der Waals surface area (Å²) in [5.74, 6) is 0.404. The number of nitrogens with one attached hydrogen (secondary N) is 2. The van der Waals surface area contributed by atoms with E-state index in [1.54, 1.807) is 11.9 Å². The average Bonchev–Trinajstić information content (AvgIpc) is 2.92. The van der Waals surface area contributed by atoms with E-state index in [-0.39, 0.29) is 18.4 Å². The van der Waals surface area contributed by atoms with Crippen molar-refractivity contribution in [1.82, 2.24) is 15.5 Å². The van der Waals surface area contributed by atoms with E-state index in [9.17, 15) is 9.59 Å². The van der Waals surface area contributed by atoms with Crippen LogP contribution < -0.4 is 10.6 Å². The number of amides is 2. The van der Waals surface area contributed by atoms with Crippen molar-refractivity contribution in [3.05, 3.63) is 35.9 Å². The van der Waals surface area contributed by atoms with Gasteiger partial charge < -0.3 is 15.5 Å². The molecule has 3 rings (SSSR count). The minimum atomic E-state index is -0.0578. The summed E-state index contributed by atoms with van der Waals surface area (Å²) in [7, 11) is 1.77. The Hall–Kier alpha value is -1.88. The minimum Gasteiger partial charge on any atom is -0.347 e. The van der Waals surface area contributed by atoms with Crippen molar-refractivity contribution in [3.8, 4) is 0 Å². The van der Waals surface area contributed by atoms with Crippen LogP contribution in [0.2, 0.25) is 0 Å². The fourth-order valence-electron chi connectivity index (χ4n) is 3.93. The first-order chi connectivity index (χ1) is 11.6. The molecular weight excluding hydrogens is 302 g/mol. The van der Waals surface area contributed by atoms with Crippen LogP contribution in [0, 0.1) is 5.92 Å². The average molecular weight is 329 g/mol. The molecular formula is C19H27N3O2. The van der Waals surface area contributed by atoms with E-state index < -0.39 is 0 Å². The highest BCUT2D eigenvalue weighted by molar-refractivity contribution is 5.84. The van der Waals surface area contributed by atoms with Crippen LogP contribution >= 0.6 is 0 Å². The molecule has 2 aliphatic rings. The van der Waals surface area contributed by atoms with Gasteiger partial charge in [0, 0.05) is 32.1 Å². The molecule has 24 heavy (non-hydrogen) atoms. The Morgan fingerprint density at radius 2 is 1.83 bits per heavy atom. The van der Waals surface area contributed by atoms with Gasteiger partial charge in [-0.05, 0) is 37.2 Å². The van der Waals surface area contributed by atoms with Gasteiger partial charge in [-0.15, -0.1) is 0 Å². The van der Waals surface area contributed by atoms with Crippen LogP contribution in [0.5, 0.6) is 0 Å². The topological polar surface area (TPSA) is 61.4 Å². The Labute approximate surface area is 143 Å². The lowest BCUT2D eigenvalue weighted by atomic mass is 9.89. The molecule has 5 heteroatoms. The standard InChI is InChI=1S/C19H27N3O2/c1-22(13-14-5-3-2-4-6-14)19(24)12-20-18(23)11-15-9-16-7-8-17(10-15)21-16/h2-6,15-17,21H,7-13H2,1H3,(H,20,23). The maximum atomic E-state index is 12.2. The van der Waals surface area contributed by atoms with E-state index in [0.717, 1.165) is 18.4 Å². The van der Waals surface area contributed by atoms with Gasteiger partial charge >= 0.3 is 0 Å². The summed E-state index contributed by atoms with van der Waals surface area (Å²) in [4.78, 5) is 25.9. The lowest BCUT2D eigenvalue weighted by Crippen LogP contribution is -2.41. The molecule has 2 amide bonds. The van der Waals surface area contributed by atoms with Crippen molar-refractivity contribution >= 4 is 11.8 Å². The Morgan fingerprint density at radius 3 is 2.50 bits per heavy atom. The molecule has 1 aromatic rings. The Kier molecular flexibility index (Phi) is 5.51. The second-order valence-electron chi connectivity index (χ2n) is 7.19. The first-order valence-corrected chi connectivity index (χ1v) is 8.91. The van der Waals surface area contributed by atoms with Gasteiger partial charge in [0.05, 0.1) is 6.54 Å². The number of benzene rings is 1. The number of carbonyl (C=O) groups excluding carboxylic acids is 2. The molecule has 5 nitrogen and oxygen atoms in total. The molecule has 2 N–H and O–H groups in total. The molecule has 2 aliphatic heterocycles. The normalized spacial score (nSPS) is 25.3.